The Kier molecular flexibility index (Phi) is 4.95. The molecule has 2 rings (SSSR count). The number of hydrogen-bond acceptors (Lipinski definition) is 4. The number of aromatic nitrogens is 3. The largest absolute Gasteiger partial charge is 0.325 e. The molecule has 1 N–H and O–H groups in total. The molecule has 0 saturated carbocycles. The maximum Gasteiger partial charge on any atom is 0.237 e. The average Bonchev–Trinajstić information content (AvgIpc) is 2.90. The molecular weight excluding hydrogens is 291 g/mol. The summed E-state index contributed by atoms with van der Waals surface area (Å²) in [5, 5.41) is 10.8. The smallest absolute Gasteiger partial charge is 0.237 e. The van der Waals surface area contributed by atoms with Gasteiger partial charge in [0.05, 0.1) is 5.25 Å². The van der Waals surface area contributed by atoms with Gasteiger partial charge in [0.25, 0.3) is 0 Å². The van der Waals surface area contributed by atoms with Crippen LogP contribution in [-0.2, 0) is 11.3 Å². The van der Waals surface area contributed by atoms with E-state index < -0.39 is 0 Å². The topological polar surface area (TPSA) is 59.8 Å². The van der Waals surface area contributed by atoms with Crippen LogP contribution in [0.2, 0.25) is 0 Å². The Bertz CT molecular complexity index is 644. The monoisotopic (exact) mass is 308 g/mol. The molecule has 1 aromatic heterocycles. The summed E-state index contributed by atoms with van der Waals surface area (Å²) in [6.07, 6.45) is 1.63. The number of carbonyl (C=O) groups excluding carboxylic acids is 1. The second-order valence-corrected chi connectivity index (χ2v) is 5.92. The van der Waals surface area contributed by atoms with Crippen LogP contribution in [0.5, 0.6) is 0 Å². The third kappa shape index (κ3) is 3.81. The van der Waals surface area contributed by atoms with Crippen LogP contribution >= 0.6 is 11.8 Å². The van der Waals surface area contributed by atoms with Gasteiger partial charge >= 0.3 is 0 Å². The van der Waals surface area contributed by atoms with Crippen LogP contribution in [-0.4, -0.2) is 25.9 Å². The summed E-state index contributed by atoms with van der Waals surface area (Å²) in [6.45, 7) is 6.18. The number of hydrogen-bond donors (Lipinski definition) is 1. The highest BCUT2D eigenvalue weighted by atomic mass is 32.2. The van der Waals surface area contributed by atoms with Gasteiger partial charge < -0.3 is 9.88 Å². The van der Waals surface area contributed by atoms with Gasteiger partial charge in [-0.15, -0.1) is 10.2 Å². The third-order valence-electron chi connectivity index (χ3n) is 3.01. The van der Waals surface area contributed by atoms with E-state index in [-0.39, 0.29) is 17.0 Å². The molecule has 5 nitrogen and oxygen atoms in total. The quantitative estimate of drug-likeness (QED) is 0.863. The average molecular weight is 308 g/mol. The van der Waals surface area contributed by atoms with Crippen LogP contribution in [0.1, 0.15) is 19.4 Å². The molecule has 1 heterocycles. The SMILES string of the molecule is CCn1cnnc1S[C@H](C)C(=O)Nc1ccc(C)c(F)c1. The van der Waals surface area contributed by atoms with Crippen molar-refractivity contribution in [3.05, 3.63) is 35.9 Å². The normalized spacial score (nSPS) is 12.2. The van der Waals surface area contributed by atoms with Crippen molar-refractivity contribution in [2.45, 2.75) is 37.7 Å². The molecule has 0 bridgehead atoms. The number of carbonyl (C=O) groups is 1. The molecule has 112 valence electrons. The summed E-state index contributed by atoms with van der Waals surface area (Å²) in [4.78, 5) is 12.1. The molecule has 0 radical (unpaired) electrons. The Balaban J connectivity index is 2.01. The molecule has 1 amide bonds. The van der Waals surface area contributed by atoms with Crippen molar-refractivity contribution in [2.24, 2.45) is 0 Å². The summed E-state index contributed by atoms with van der Waals surface area (Å²) in [5.74, 6) is -0.535. The van der Waals surface area contributed by atoms with E-state index in [0.717, 1.165) is 6.54 Å². The molecule has 0 unspecified atom stereocenters. The predicted molar refractivity (Wildman–Crippen MR) is 80.8 cm³/mol. The fourth-order valence-corrected chi connectivity index (χ4v) is 2.57. The van der Waals surface area contributed by atoms with Gasteiger partial charge in [0, 0.05) is 12.2 Å². The van der Waals surface area contributed by atoms with E-state index >= 15 is 0 Å². The molecule has 7 heteroatoms. The maximum atomic E-state index is 13.5. The van der Waals surface area contributed by atoms with Crippen molar-refractivity contribution in [1.82, 2.24) is 14.8 Å². The highest BCUT2D eigenvalue weighted by Crippen LogP contribution is 2.22. The molecule has 0 aliphatic carbocycles. The van der Waals surface area contributed by atoms with E-state index in [4.69, 9.17) is 0 Å². The van der Waals surface area contributed by atoms with Gasteiger partial charge in [0.15, 0.2) is 5.16 Å². The second kappa shape index (κ2) is 6.71. The molecule has 0 spiro atoms. The molecule has 2 aromatic rings. The lowest BCUT2D eigenvalue weighted by Crippen LogP contribution is -2.23. The summed E-state index contributed by atoms with van der Waals surface area (Å²) in [6, 6.07) is 4.64. The lowest BCUT2D eigenvalue weighted by atomic mass is 10.2. The van der Waals surface area contributed by atoms with E-state index in [0.29, 0.717) is 16.4 Å². The summed E-state index contributed by atoms with van der Waals surface area (Å²) in [5.41, 5.74) is 0.999. The fourth-order valence-electron chi connectivity index (χ4n) is 1.68. The van der Waals surface area contributed by atoms with E-state index in [2.05, 4.69) is 15.5 Å². The van der Waals surface area contributed by atoms with Gasteiger partial charge in [0.1, 0.15) is 12.1 Å². The molecule has 0 fully saturated rings. The number of benzene rings is 1. The Labute approximate surface area is 127 Å². The van der Waals surface area contributed by atoms with Gasteiger partial charge in [-0.3, -0.25) is 4.79 Å². The summed E-state index contributed by atoms with van der Waals surface area (Å²) in [7, 11) is 0. The molecule has 1 aromatic carbocycles. The predicted octanol–water partition coefficient (Wildman–Crippen LogP) is 2.86. The fraction of sp³-hybridized carbons (Fsp3) is 0.357. The lowest BCUT2D eigenvalue weighted by molar-refractivity contribution is -0.115. The molecule has 0 aliphatic rings. The lowest BCUT2D eigenvalue weighted by Gasteiger charge is -2.12. The highest BCUT2D eigenvalue weighted by molar-refractivity contribution is 8.00. The van der Waals surface area contributed by atoms with Gasteiger partial charge in [-0.25, -0.2) is 4.39 Å². The maximum absolute atomic E-state index is 13.5. The molecule has 21 heavy (non-hydrogen) atoms. The number of thioether (sulfide) groups is 1. The van der Waals surface area contributed by atoms with E-state index in [9.17, 15) is 9.18 Å². The zero-order valence-electron chi connectivity index (χ0n) is 12.1. The van der Waals surface area contributed by atoms with Crippen molar-refractivity contribution in [3.63, 3.8) is 0 Å². The van der Waals surface area contributed by atoms with E-state index in [1.807, 2.05) is 11.5 Å². The first-order chi connectivity index (χ1) is 10.0. The molecule has 0 aliphatic heterocycles. The Morgan fingerprint density at radius 3 is 2.95 bits per heavy atom. The standard InChI is InChI=1S/C14H17FN4OS/c1-4-19-8-16-18-14(19)21-10(3)13(20)17-11-6-5-9(2)12(15)7-11/h5-8,10H,4H2,1-3H3,(H,17,20)/t10-/m1/s1. The number of amides is 1. The number of aryl methyl sites for hydroxylation is 2. The summed E-state index contributed by atoms with van der Waals surface area (Å²) < 4.78 is 15.3. The number of anilines is 1. The number of nitrogens with one attached hydrogen (secondary N) is 1. The Morgan fingerprint density at radius 1 is 1.52 bits per heavy atom. The molecular formula is C14H17FN4OS. The minimum absolute atomic E-state index is 0.200. The van der Waals surface area contributed by atoms with Crippen LogP contribution in [0.4, 0.5) is 10.1 Å². The minimum Gasteiger partial charge on any atom is -0.325 e. The van der Waals surface area contributed by atoms with Crippen molar-refractivity contribution in [3.8, 4) is 0 Å². The summed E-state index contributed by atoms with van der Waals surface area (Å²) >= 11 is 1.32. The van der Waals surface area contributed by atoms with Crippen LogP contribution in [0.3, 0.4) is 0 Å². The van der Waals surface area contributed by atoms with Crippen LogP contribution in [0.15, 0.2) is 29.7 Å². The third-order valence-corrected chi connectivity index (χ3v) is 4.11. The highest BCUT2D eigenvalue weighted by Gasteiger charge is 2.18. The number of halogens is 1. The van der Waals surface area contributed by atoms with Crippen molar-refractivity contribution < 1.29 is 9.18 Å². The molecule has 1 atom stereocenters. The zero-order chi connectivity index (χ0) is 15.4. The van der Waals surface area contributed by atoms with Crippen LogP contribution in [0, 0.1) is 12.7 Å². The van der Waals surface area contributed by atoms with E-state index in [1.165, 1.54) is 17.8 Å². The van der Waals surface area contributed by atoms with Crippen molar-refractivity contribution in [1.29, 1.82) is 0 Å². The van der Waals surface area contributed by atoms with E-state index in [1.54, 1.807) is 32.3 Å². The van der Waals surface area contributed by atoms with Gasteiger partial charge in [-0.1, -0.05) is 17.8 Å². The zero-order valence-corrected chi connectivity index (χ0v) is 12.9. The van der Waals surface area contributed by atoms with Crippen molar-refractivity contribution >= 4 is 23.4 Å². The van der Waals surface area contributed by atoms with Crippen LogP contribution < -0.4 is 5.32 Å². The second-order valence-electron chi connectivity index (χ2n) is 4.61. The number of nitrogens with zero attached hydrogens (tertiary/aromatic N) is 3. The Hall–Kier alpha value is -1.89. The molecule has 0 saturated heterocycles. The van der Waals surface area contributed by atoms with Crippen molar-refractivity contribution in [2.75, 3.05) is 5.32 Å². The first-order valence-electron chi connectivity index (χ1n) is 6.62. The Morgan fingerprint density at radius 2 is 2.29 bits per heavy atom. The van der Waals surface area contributed by atoms with Crippen LogP contribution in [0.25, 0.3) is 0 Å². The van der Waals surface area contributed by atoms with Gasteiger partial charge in [-0.2, -0.15) is 0 Å². The van der Waals surface area contributed by atoms with Gasteiger partial charge in [-0.05, 0) is 38.5 Å². The minimum atomic E-state index is -0.358. The first-order valence-corrected chi connectivity index (χ1v) is 7.50. The van der Waals surface area contributed by atoms with Gasteiger partial charge in [0.2, 0.25) is 5.91 Å². The number of rotatable bonds is 5. The first kappa shape index (κ1) is 15.5.